The Hall–Kier alpha value is -3.85. The first-order chi connectivity index (χ1) is 16.4. The zero-order valence-electron chi connectivity index (χ0n) is 19.8. The second-order valence-corrected chi connectivity index (χ2v) is 8.60. The Morgan fingerprint density at radius 2 is 1.94 bits per heavy atom. The van der Waals surface area contributed by atoms with Crippen molar-refractivity contribution >= 4 is 30.1 Å². The number of likely N-dealkylation sites (tertiary alicyclic amines) is 1. The van der Waals surface area contributed by atoms with E-state index >= 15 is 0 Å². The Labute approximate surface area is 199 Å². The summed E-state index contributed by atoms with van der Waals surface area (Å²) >= 11 is 0. The van der Waals surface area contributed by atoms with Gasteiger partial charge in [0.25, 0.3) is 5.91 Å². The zero-order chi connectivity index (χ0) is 24.1. The van der Waals surface area contributed by atoms with Crippen LogP contribution in [0.3, 0.4) is 0 Å². The maximum Gasteiger partial charge on any atom is 0.258 e. The van der Waals surface area contributed by atoms with Gasteiger partial charge in [-0.1, -0.05) is 12.1 Å². The first-order valence-corrected chi connectivity index (χ1v) is 11.3. The third kappa shape index (κ3) is 5.74. The number of aliphatic imine (C=N–C) groups is 2. The lowest BCUT2D eigenvalue weighted by Gasteiger charge is -2.29. The van der Waals surface area contributed by atoms with Crippen molar-refractivity contribution < 1.29 is 4.79 Å². The lowest BCUT2D eigenvalue weighted by atomic mass is 10.1. The van der Waals surface area contributed by atoms with E-state index in [0.29, 0.717) is 23.1 Å². The molecule has 4 rings (SSSR count). The molecule has 9 nitrogen and oxygen atoms in total. The minimum Gasteiger partial charge on any atom is -0.367 e. The highest BCUT2D eigenvalue weighted by Gasteiger charge is 2.17. The number of carbonyl (C=O) groups is 1. The number of aromatic nitrogens is 3. The lowest BCUT2D eigenvalue weighted by molar-refractivity contribution is 0.0976. The van der Waals surface area contributed by atoms with Gasteiger partial charge in [0, 0.05) is 36.6 Å². The molecule has 0 aliphatic carbocycles. The van der Waals surface area contributed by atoms with Crippen LogP contribution in [0.25, 0.3) is 11.1 Å². The smallest absolute Gasteiger partial charge is 0.258 e. The van der Waals surface area contributed by atoms with E-state index in [1.165, 1.54) is 0 Å². The van der Waals surface area contributed by atoms with E-state index in [4.69, 9.17) is 0 Å². The summed E-state index contributed by atoms with van der Waals surface area (Å²) in [6, 6.07) is 9.71. The molecule has 0 bridgehead atoms. The van der Waals surface area contributed by atoms with E-state index in [2.05, 4.69) is 49.4 Å². The van der Waals surface area contributed by atoms with Crippen LogP contribution in [0.4, 0.5) is 11.5 Å². The molecule has 1 saturated heterocycles. The number of anilines is 1. The maximum atomic E-state index is 12.9. The van der Waals surface area contributed by atoms with Gasteiger partial charge >= 0.3 is 0 Å². The Morgan fingerprint density at radius 1 is 1.15 bits per heavy atom. The molecular formula is C25H30N8O. The summed E-state index contributed by atoms with van der Waals surface area (Å²) in [6.07, 6.45) is 7.46. The van der Waals surface area contributed by atoms with Crippen LogP contribution < -0.4 is 10.6 Å². The minimum absolute atomic E-state index is 0.137. The van der Waals surface area contributed by atoms with E-state index in [-0.39, 0.29) is 11.9 Å². The number of amides is 1. The molecule has 0 saturated carbocycles. The number of guanidine groups is 1. The summed E-state index contributed by atoms with van der Waals surface area (Å²) in [4.78, 5) is 28.1. The molecule has 0 unspecified atom stereocenters. The van der Waals surface area contributed by atoms with Crippen LogP contribution >= 0.6 is 0 Å². The number of hydrogen-bond acceptors (Lipinski definition) is 6. The van der Waals surface area contributed by atoms with Gasteiger partial charge in [-0.2, -0.15) is 5.10 Å². The SMILES string of the molecule is C=NC(=Nc1cc(-c2cnn(C)c2)ccc1C)NC(=O)c1ccnc(NC2CCN(C)CC2)c1. The highest BCUT2D eigenvalue weighted by atomic mass is 16.1. The second-order valence-electron chi connectivity index (χ2n) is 8.60. The molecule has 3 heterocycles. The third-order valence-electron chi connectivity index (χ3n) is 5.94. The average Bonchev–Trinajstić information content (AvgIpc) is 3.27. The minimum atomic E-state index is -0.318. The van der Waals surface area contributed by atoms with Gasteiger partial charge in [0.05, 0.1) is 11.9 Å². The summed E-state index contributed by atoms with van der Waals surface area (Å²) in [7, 11) is 4.00. The van der Waals surface area contributed by atoms with E-state index < -0.39 is 0 Å². The van der Waals surface area contributed by atoms with Gasteiger partial charge in [-0.05, 0) is 75.9 Å². The van der Waals surface area contributed by atoms with E-state index in [1.807, 2.05) is 38.4 Å². The fraction of sp³-hybridized carbons (Fsp3) is 0.320. The molecule has 1 aromatic carbocycles. The maximum absolute atomic E-state index is 12.9. The van der Waals surface area contributed by atoms with Crippen LogP contribution in [0.1, 0.15) is 28.8 Å². The Balaban J connectivity index is 1.48. The number of nitrogens with one attached hydrogen (secondary N) is 2. The highest BCUT2D eigenvalue weighted by molar-refractivity contribution is 6.07. The summed E-state index contributed by atoms with van der Waals surface area (Å²) < 4.78 is 1.75. The third-order valence-corrected chi connectivity index (χ3v) is 5.94. The van der Waals surface area contributed by atoms with Gasteiger partial charge in [-0.25, -0.2) is 15.0 Å². The predicted octanol–water partition coefficient (Wildman–Crippen LogP) is 3.41. The molecule has 0 spiro atoms. The van der Waals surface area contributed by atoms with Crippen molar-refractivity contribution in [3.05, 3.63) is 60.0 Å². The van der Waals surface area contributed by atoms with Gasteiger partial charge in [0.15, 0.2) is 0 Å². The van der Waals surface area contributed by atoms with Crippen molar-refractivity contribution in [1.29, 1.82) is 0 Å². The summed E-state index contributed by atoms with van der Waals surface area (Å²) in [5.41, 5.74) is 4.09. The molecule has 3 aromatic rings. The summed E-state index contributed by atoms with van der Waals surface area (Å²) in [5, 5.41) is 10.4. The quantitative estimate of drug-likeness (QED) is 0.451. The standard InChI is InChI=1S/C25H30N8O/c1-17-5-6-18(20-15-28-33(4)16-20)13-22(17)30-25(26-2)31-24(34)19-7-10-27-23(14-19)29-21-8-11-32(3)12-9-21/h5-7,10,13-16,21H,2,8-9,11-12H2,1,3-4H3,(H,27,29)(H,30,31,34). The van der Waals surface area contributed by atoms with Crippen LogP contribution in [-0.4, -0.2) is 64.4 Å². The van der Waals surface area contributed by atoms with Crippen molar-refractivity contribution in [2.45, 2.75) is 25.8 Å². The molecule has 1 amide bonds. The number of aryl methyl sites for hydroxylation is 2. The molecule has 176 valence electrons. The van der Waals surface area contributed by atoms with Crippen molar-refractivity contribution in [2.24, 2.45) is 17.0 Å². The second kappa shape index (κ2) is 10.4. The fourth-order valence-electron chi connectivity index (χ4n) is 3.88. The molecule has 2 N–H and O–H groups in total. The average molecular weight is 459 g/mol. The monoisotopic (exact) mass is 458 g/mol. The van der Waals surface area contributed by atoms with E-state index in [9.17, 15) is 4.79 Å². The first kappa shape index (κ1) is 23.3. The Kier molecular flexibility index (Phi) is 7.12. The Bertz CT molecular complexity index is 1210. The van der Waals surface area contributed by atoms with Gasteiger partial charge < -0.3 is 10.2 Å². The van der Waals surface area contributed by atoms with Crippen LogP contribution in [0, 0.1) is 6.92 Å². The van der Waals surface area contributed by atoms with Crippen LogP contribution in [0.15, 0.2) is 58.9 Å². The number of hydrogen-bond donors (Lipinski definition) is 2. The predicted molar refractivity (Wildman–Crippen MR) is 136 cm³/mol. The number of piperidine rings is 1. The number of pyridine rings is 1. The lowest BCUT2D eigenvalue weighted by Crippen LogP contribution is -2.37. The summed E-state index contributed by atoms with van der Waals surface area (Å²) in [6.45, 7) is 7.63. The van der Waals surface area contributed by atoms with E-state index in [1.54, 1.807) is 29.2 Å². The molecule has 2 aromatic heterocycles. The van der Waals surface area contributed by atoms with Crippen LogP contribution in [0.2, 0.25) is 0 Å². The topological polar surface area (TPSA) is 99.8 Å². The first-order valence-electron chi connectivity index (χ1n) is 11.3. The van der Waals surface area contributed by atoms with Crippen LogP contribution in [-0.2, 0) is 7.05 Å². The molecule has 1 aliphatic rings. The molecule has 34 heavy (non-hydrogen) atoms. The fourth-order valence-corrected chi connectivity index (χ4v) is 3.88. The van der Waals surface area contributed by atoms with Crippen molar-refractivity contribution in [2.75, 3.05) is 25.5 Å². The van der Waals surface area contributed by atoms with Crippen molar-refractivity contribution in [3.8, 4) is 11.1 Å². The molecule has 9 heteroatoms. The van der Waals surface area contributed by atoms with E-state index in [0.717, 1.165) is 42.6 Å². The molecule has 1 fully saturated rings. The molecule has 0 radical (unpaired) electrons. The zero-order valence-corrected chi connectivity index (χ0v) is 19.8. The molecular weight excluding hydrogens is 428 g/mol. The molecule has 0 atom stereocenters. The van der Waals surface area contributed by atoms with Gasteiger partial charge in [0.2, 0.25) is 5.96 Å². The number of rotatable bonds is 5. The molecule has 1 aliphatic heterocycles. The summed E-state index contributed by atoms with van der Waals surface area (Å²) in [5.74, 6) is 0.506. The van der Waals surface area contributed by atoms with Gasteiger partial charge in [-0.3, -0.25) is 14.8 Å². The number of benzene rings is 1. The number of nitrogens with zero attached hydrogens (tertiary/aromatic N) is 6. The van der Waals surface area contributed by atoms with Crippen molar-refractivity contribution in [1.82, 2.24) is 25.0 Å². The van der Waals surface area contributed by atoms with Crippen LogP contribution in [0.5, 0.6) is 0 Å². The number of carbonyl (C=O) groups excluding carboxylic acids is 1. The van der Waals surface area contributed by atoms with Crippen molar-refractivity contribution in [3.63, 3.8) is 0 Å². The van der Waals surface area contributed by atoms with Gasteiger partial charge in [0.1, 0.15) is 5.82 Å². The largest absolute Gasteiger partial charge is 0.367 e. The normalized spacial score (nSPS) is 15.2. The highest BCUT2D eigenvalue weighted by Crippen LogP contribution is 2.27. The Morgan fingerprint density at radius 3 is 2.65 bits per heavy atom. The van der Waals surface area contributed by atoms with Gasteiger partial charge in [-0.15, -0.1) is 0 Å².